The molecule has 0 saturated heterocycles. The summed E-state index contributed by atoms with van der Waals surface area (Å²) < 4.78 is 5.74. The van der Waals surface area contributed by atoms with Gasteiger partial charge in [-0.3, -0.25) is 0 Å². The van der Waals surface area contributed by atoms with Crippen LogP contribution in [0.4, 0.5) is 5.82 Å². The van der Waals surface area contributed by atoms with Crippen molar-refractivity contribution in [2.75, 3.05) is 5.73 Å². The summed E-state index contributed by atoms with van der Waals surface area (Å²) >= 11 is 11.9. The maximum absolute atomic E-state index is 6.09. The number of aromatic nitrogens is 2. The van der Waals surface area contributed by atoms with Crippen molar-refractivity contribution in [3.05, 3.63) is 39.6 Å². The molecule has 20 heavy (non-hydrogen) atoms. The second-order valence-electron chi connectivity index (χ2n) is 4.73. The van der Waals surface area contributed by atoms with Gasteiger partial charge in [0.15, 0.2) is 0 Å². The standard InChI is InChI=1S/C14H15Cl2N3O/c1-7(2)13-18-12(17)8(3)14(19-13)20-11-5-4-9(15)6-10(11)16/h4-7H,1-3H3,(H2,17,18,19). The van der Waals surface area contributed by atoms with E-state index in [1.165, 1.54) is 0 Å². The molecule has 0 saturated carbocycles. The summed E-state index contributed by atoms with van der Waals surface area (Å²) in [6.07, 6.45) is 0. The van der Waals surface area contributed by atoms with Gasteiger partial charge in [0.1, 0.15) is 17.4 Å². The number of ether oxygens (including phenoxy) is 1. The second kappa shape index (κ2) is 5.85. The summed E-state index contributed by atoms with van der Waals surface area (Å²) in [7, 11) is 0. The van der Waals surface area contributed by atoms with Crippen LogP contribution in [0.5, 0.6) is 11.6 Å². The number of rotatable bonds is 3. The van der Waals surface area contributed by atoms with E-state index < -0.39 is 0 Å². The van der Waals surface area contributed by atoms with E-state index in [0.717, 1.165) is 0 Å². The largest absolute Gasteiger partial charge is 0.437 e. The molecule has 0 atom stereocenters. The SMILES string of the molecule is Cc1c(N)nc(C(C)C)nc1Oc1ccc(Cl)cc1Cl. The molecule has 1 aromatic carbocycles. The van der Waals surface area contributed by atoms with E-state index in [1.807, 2.05) is 13.8 Å². The van der Waals surface area contributed by atoms with Crippen LogP contribution in [0.15, 0.2) is 18.2 Å². The predicted octanol–water partition coefficient (Wildman–Crippen LogP) is 4.59. The number of nitrogens with two attached hydrogens (primary N) is 1. The zero-order valence-electron chi connectivity index (χ0n) is 11.4. The van der Waals surface area contributed by atoms with Crippen LogP contribution in [0, 0.1) is 6.92 Å². The molecule has 0 bridgehead atoms. The third-order valence-electron chi connectivity index (χ3n) is 2.77. The fraction of sp³-hybridized carbons (Fsp3) is 0.286. The molecule has 106 valence electrons. The van der Waals surface area contributed by atoms with Gasteiger partial charge in [0.05, 0.1) is 10.6 Å². The summed E-state index contributed by atoms with van der Waals surface area (Å²) in [4.78, 5) is 8.63. The summed E-state index contributed by atoms with van der Waals surface area (Å²) in [6.45, 7) is 5.78. The molecule has 1 heterocycles. The molecule has 0 aliphatic carbocycles. The van der Waals surface area contributed by atoms with Crippen LogP contribution < -0.4 is 10.5 Å². The Morgan fingerprint density at radius 1 is 1.20 bits per heavy atom. The average Bonchev–Trinajstić information content (AvgIpc) is 2.37. The summed E-state index contributed by atoms with van der Waals surface area (Å²) in [6, 6.07) is 5.01. The Kier molecular flexibility index (Phi) is 4.35. The number of hydrogen-bond acceptors (Lipinski definition) is 4. The minimum atomic E-state index is 0.154. The number of nitrogens with zero attached hydrogens (tertiary/aromatic N) is 2. The van der Waals surface area contributed by atoms with Crippen LogP contribution in [0.1, 0.15) is 31.2 Å². The smallest absolute Gasteiger partial charge is 0.227 e. The van der Waals surface area contributed by atoms with E-state index >= 15 is 0 Å². The Labute approximate surface area is 127 Å². The van der Waals surface area contributed by atoms with Gasteiger partial charge in [-0.2, -0.15) is 4.98 Å². The van der Waals surface area contributed by atoms with Crippen molar-refractivity contribution in [2.24, 2.45) is 0 Å². The molecule has 0 aliphatic heterocycles. The molecule has 1 aromatic heterocycles. The van der Waals surface area contributed by atoms with E-state index in [4.69, 9.17) is 33.7 Å². The number of halogens is 2. The quantitative estimate of drug-likeness (QED) is 0.900. The summed E-state index contributed by atoms with van der Waals surface area (Å²) in [5.74, 6) is 2.08. The summed E-state index contributed by atoms with van der Waals surface area (Å²) in [5.41, 5.74) is 6.57. The van der Waals surface area contributed by atoms with E-state index in [9.17, 15) is 0 Å². The highest BCUT2D eigenvalue weighted by Gasteiger charge is 2.14. The van der Waals surface area contributed by atoms with Crippen LogP contribution >= 0.6 is 23.2 Å². The van der Waals surface area contributed by atoms with E-state index in [1.54, 1.807) is 25.1 Å². The van der Waals surface area contributed by atoms with Crippen LogP contribution in [0.3, 0.4) is 0 Å². The molecule has 2 aromatic rings. The van der Waals surface area contributed by atoms with E-state index in [2.05, 4.69) is 9.97 Å². The lowest BCUT2D eigenvalue weighted by atomic mass is 10.2. The van der Waals surface area contributed by atoms with E-state index in [0.29, 0.717) is 38.9 Å². The zero-order chi connectivity index (χ0) is 14.9. The first-order valence-corrected chi connectivity index (χ1v) is 6.91. The molecule has 2 rings (SSSR count). The number of hydrogen-bond donors (Lipinski definition) is 1. The molecule has 0 fully saturated rings. The van der Waals surface area contributed by atoms with Gasteiger partial charge in [0.2, 0.25) is 5.88 Å². The minimum absolute atomic E-state index is 0.154. The average molecular weight is 312 g/mol. The maximum Gasteiger partial charge on any atom is 0.227 e. The van der Waals surface area contributed by atoms with Gasteiger partial charge in [-0.15, -0.1) is 0 Å². The van der Waals surface area contributed by atoms with Crippen molar-refractivity contribution in [1.82, 2.24) is 9.97 Å². The van der Waals surface area contributed by atoms with Gasteiger partial charge in [-0.05, 0) is 25.1 Å². The van der Waals surface area contributed by atoms with Crippen molar-refractivity contribution < 1.29 is 4.74 Å². The fourth-order valence-corrected chi connectivity index (χ4v) is 2.00. The molecule has 6 heteroatoms. The third-order valence-corrected chi connectivity index (χ3v) is 3.30. The van der Waals surface area contributed by atoms with Crippen molar-refractivity contribution >= 4 is 29.0 Å². The second-order valence-corrected chi connectivity index (χ2v) is 5.57. The van der Waals surface area contributed by atoms with Gasteiger partial charge in [-0.25, -0.2) is 4.98 Å². The Hall–Kier alpha value is -1.52. The molecule has 0 spiro atoms. The number of nitrogen functional groups attached to an aromatic ring is 1. The number of anilines is 1. The Bertz CT molecular complexity index is 645. The molecule has 0 radical (unpaired) electrons. The molecular formula is C14H15Cl2N3O. The van der Waals surface area contributed by atoms with Crippen molar-refractivity contribution in [3.63, 3.8) is 0 Å². The highest BCUT2D eigenvalue weighted by atomic mass is 35.5. The molecule has 0 amide bonds. The normalized spacial score (nSPS) is 10.9. The zero-order valence-corrected chi connectivity index (χ0v) is 13.0. The summed E-state index contributed by atoms with van der Waals surface area (Å²) in [5, 5.41) is 0.962. The van der Waals surface area contributed by atoms with Crippen LogP contribution in [0.25, 0.3) is 0 Å². The maximum atomic E-state index is 6.09. The lowest BCUT2D eigenvalue weighted by molar-refractivity contribution is 0.453. The first-order valence-electron chi connectivity index (χ1n) is 6.15. The molecule has 2 N–H and O–H groups in total. The van der Waals surface area contributed by atoms with Gasteiger partial charge in [0, 0.05) is 10.9 Å². The third kappa shape index (κ3) is 3.14. The topological polar surface area (TPSA) is 61.0 Å². The lowest BCUT2D eigenvalue weighted by Crippen LogP contribution is -2.06. The first kappa shape index (κ1) is 14.9. The van der Waals surface area contributed by atoms with Gasteiger partial charge in [0.25, 0.3) is 0 Å². The molecule has 0 unspecified atom stereocenters. The van der Waals surface area contributed by atoms with E-state index in [-0.39, 0.29) is 5.92 Å². The van der Waals surface area contributed by atoms with Crippen molar-refractivity contribution in [3.8, 4) is 11.6 Å². The van der Waals surface area contributed by atoms with Crippen LogP contribution in [-0.4, -0.2) is 9.97 Å². The van der Waals surface area contributed by atoms with Gasteiger partial charge >= 0.3 is 0 Å². The highest BCUT2D eigenvalue weighted by Crippen LogP contribution is 2.33. The molecule has 4 nitrogen and oxygen atoms in total. The van der Waals surface area contributed by atoms with Crippen LogP contribution in [-0.2, 0) is 0 Å². The minimum Gasteiger partial charge on any atom is -0.437 e. The Morgan fingerprint density at radius 2 is 1.90 bits per heavy atom. The predicted molar refractivity (Wildman–Crippen MR) is 81.8 cm³/mol. The number of benzene rings is 1. The lowest BCUT2D eigenvalue weighted by Gasteiger charge is -2.13. The monoisotopic (exact) mass is 311 g/mol. The Balaban J connectivity index is 2.42. The van der Waals surface area contributed by atoms with Gasteiger partial charge in [-0.1, -0.05) is 37.0 Å². The molecule has 0 aliphatic rings. The van der Waals surface area contributed by atoms with Crippen LogP contribution in [0.2, 0.25) is 10.0 Å². The van der Waals surface area contributed by atoms with Crippen molar-refractivity contribution in [1.29, 1.82) is 0 Å². The first-order chi connectivity index (χ1) is 9.38. The van der Waals surface area contributed by atoms with Gasteiger partial charge < -0.3 is 10.5 Å². The van der Waals surface area contributed by atoms with Crippen molar-refractivity contribution in [2.45, 2.75) is 26.7 Å². The highest BCUT2D eigenvalue weighted by molar-refractivity contribution is 6.35. The fourth-order valence-electron chi connectivity index (χ4n) is 1.55. The molecular weight excluding hydrogens is 297 g/mol. The Morgan fingerprint density at radius 3 is 2.50 bits per heavy atom.